The van der Waals surface area contributed by atoms with Crippen molar-refractivity contribution in [2.45, 2.75) is 39.8 Å². The van der Waals surface area contributed by atoms with Gasteiger partial charge in [-0.2, -0.15) is 0 Å². The maximum absolute atomic E-state index is 5.89. The molecule has 2 atom stereocenters. The van der Waals surface area contributed by atoms with Gasteiger partial charge in [0.15, 0.2) is 5.11 Å². The molecule has 7 heteroatoms. The van der Waals surface area contributed by atoms with Gasteiger partial charge in [0, 0.05) is 29.5 Å². The van der Waals surface area contributed by atoms with Gasteiger partial charge in [0.25, 0.3) is 0 Å². The van der Waals surface area contributed by atoms with Gasteiger partial charge in [-0.25, -0.2) is 4.98 Å². The predicted octanol–water partition coefficient (Wildman–Crippen LogP) is 5.77. The van der Waals surface area contributed by atoms with Crippen molar-refractivity contribution in [2.75, 3.05) is 11.5 Å². The zero-order valence-electron chi connectivity index (χ0n) is 20.4. The summed E-state index contributed by atoms with van der Waals surface area (Å²) in [5, 5.41) is 4.23. The van der Waals surface area contributed by atoms with Crippen LogP contribution in [-0.2, 0) is 0 Å². The third-order valence-electron chi connectivity index (χ3n) is 6.51. The van der Waals surface area contributed by atoms with Crippen LogP contribution >= 0.6 is 12.2 Å². The lowest BCUT2D eigenvalue weighted by molar-refractivity contribution is 0.340. The van der Waals surface area contributed by atoms with Crippen LogP contribution in [0.4, 0.5) is 5.69 Å². The molecule has 1 aromatic carbocycles. The smallest absolute Gasteiger partial charge is 0.174 e. The Balaban J connectivity index is 1.65. The van der Waals surface area contributed by atoms with E-state index in [1.165, 1.54) is 5.56 Å². The molecule has 4 aromatic rings. The fourth-order valence-corrected chi connectivity index (χ4v) is 5.29. The molecule has 0 amide bonds. The number of nitrogens with one attached hydrogen (secondary N) is 1. The second kappa shape index (κ2) is 9.50. The molecule has 1 fully saturated rings. The van der Waals surface area contributed by atoms with Crippen molar-refractivity contribution >= 4 is 23.0 Å². The number of rotatable bonds is 6. The van der Waals surface area contributed by atoms with Crippen molar-refractivity contribution < 1.29 is 4.74 Å². The van der Waals surface area contributed by atoms with Crippen molar-refractivity contribution in [1.29, 1.82) is 0 Å². The van der Waals surface area contributed by atoms with Crippen LogP contribution in [0.25, 0.3) is 5.82 Å². The number of aryl methyl sites for hydroxylation is 2. The Labute approximate surface area is 211 Å². The molecule has 3 aromatic heterocycles. The van der Waals surface area contributed by atoms with E-state index in [1.54, 1.807) is 0 Å². The number of aromatic nitrogens is 3. The van der Waals surface area contributed by atoms with Crippen LogP contribution in [0.5, 0.6) is 5.75 Å². The zero-order valence-corrected chi connectivity index (χ0v) is 21.2. The molecule has 5 rings (SSSR count). The van der Waals surface area contributed by atoms with Gasteiger partial charge in [0.1, 0.15) is 11.6 Å². The van der Waals surface area contributed by atoms with Gasteiger partial charge in [0.05, 0.1) is 24.4 Å². The van der Waals surface area contributed by atoms with Gasteiger partial charge >= 0.3 is 0 Å². The SMILES string of the molecule is CCOc1ccc(N2C(=S)N[C@H](c3ccccn3)[C@@H]2c2cc(C)n(-c3ncccc3C)c2C)cc1. The summed E-state index contributed by atoms with van der Waals surface area (Å²) < 4.78 is 7.90. The van der Waals surface area contributed by atoms with E-state index in [-0.39, 0.29) is 12.1 Å². The van der Waals surface area contributed by atoms with E-state index in [1.807, 2.05) is 49.6 Å². The number of benzene rings is 1. The summed E-state index contributed by atoms with van der Waals surface area (Å²) in [4.78, 5) is 11.6. The Morgan fingerprint density at radius 2 is 1.74 bits per heavy atom. The molecule has 35 heavy (non-hydrogen) atoms. The molecular formula is C28H29N5OS. The van der Waals surface area contributed by atoms with Crippen LogP contribution in [0, 0.1) is 20.8 Å². The van der Waals surface area contributed by atoms with Crippen LogP contribution in [0.2, 0.25) is 0 Å². The Morgan fingerprint density at radius 3 is 2.43 bits per heavy atom. The highest BCUT2D eigenvalue weighted by Crippen LogP contribution is 2.44. The fourth-order valence-electron chi connectivity index (χ4n) is 4.94. The molecule has 0 spiro atoms. The molecule has 0 unspecified atom stereocenters. The lowest BCUT2D eigenvalue weighted by Crippen LogP contribution is -2.29. The van der Waals surface area contributed by atoms with Crippen molar-refractivity contribution in [2.24, 2.45) is 0 Å². The summed E-state index contributed by atoms with van der Waals surface area (Å²) in [5.74, 6) is 1.79. The van der Waals surface area contributed by atoms with Gasteiger partial charge in [0.2, 0.25) is 0 Å². The lowest BCUT2D eigenvalue weighted by atomic mass is 9.96. The summed E-state index contributed by atoms with van der Waals surface area (Å²) in [6.07, 6.45) is 3.67. The molecule has 1 aliphatic heterocycles. The number of hydrogen-bond donors (Lipinski definition) is 1. The molecule has 1 saturated heterocycles. The standard InChI is InChI=1S/C28H29N5OS/c1-5-34-22-13-11-21(12-14-22)33-26(25(31-28(33)35)24-10-6-7-15-29-24)23-17-19(3)32(20(23)4)27-18(2)9-8-16-30-27/h6-17,25-26H,5H2,1-4H3,(H,31,35)/t25-,26+/m1/s1. The highest BCUT2D eigenvalue weighted by atomic mass is 32.1. The quantitative estimate of drug-likeness (QED) is 0.352. The maximum atomic E-state index is 5.89. The summed E-state index contributed by atoms with van der Waals surface area (Å²) in [6.45, 7) is 8.99. The minimum absolute atomic E-state index is 0.0840. The largest absolute Gasteiger partial charge is 0.494 e. The first-order valence-electron chi connectivity index (χ1n) is 11.8. The van der Waals surface area contributed by atoms with Crippen molar-refractivity contribution in [3.8, 4) is 11.6 Å². The molecule has 6 nitrogen and oxygen atoms in total. The lowest BCUT2D eigenvalue weighted by Gasteiger charge is -2.28. The zero-order chi connectivity index (χ0) is 24.5. The van der Waals surface area contributed by atoms with E-state index in [2.05, 4.69) is 75.9 Å². The van der Waals surface area contributed by atoms with Crippen LogP contribution in [-0.4, -0.2) is 26.3 Å². The number of nitrogens with zero attached hydrogens (tertiary/aromatic N) is 4. The average Bonchev–Trinajstić information content (AvgIpc) is 3.36. The second-order valence-electron chi connectivity index (χ2n) is 8.73. The summed E-state index contributed by atoms with van der Waals surface area (Å²) in [5.41, 5.74) is 6.54. The average molecular weight is 484 g/mol. The Morgan fingerprint density at radius 1 is 0.971 bits per heavy atom. The van der Waals surface area contributed by atoms with E-state index in [0.29, 0.717) is 11.7 Å². The van der Waals surface area contributed by atoms with Gasteiger partial charge < -0.3 is 19.5 Å². The van der Waals surface area contributed by atoms with E-state index in [9.17, 15) is 0 Å². The van der Waals surface area contributed by atoms with Crippen LogP contribution in [0.3, 0.4) is 0 Å². The van der Waals surface area contributed by atoms with E-state index >= 15 is 0 Å². The molecule has 0 saturated carbocycles. The van der Waals surface area contributed by atoms with E-state index in [4.69, 9.17) is 17.0 Å². The van der Waals surface area contributed by atoms with Gasteiger partial charge in [-0.1, -0.05) is 12.1 Å². The fraction of sp³-hybridized carbons (Fsp3) is 0.250. The van der Waals surface area contributed by atoms with Crippen LogP contribution < -0.4 is 15.0 Å². The number of thiocarbonyl (C=S) groups is 1. The van der Waals surface area contributed by atoms with Crippen LogP contribution in [0.1, 0.15) is 47.2 Å². The summed E-state index contributed by atoms with van der Waals surface area (Å²) >= 11 is 5.89. The van der Waals surface area contributed by atoms with E-state index in [0.717, 1.165) is 39.9 Å². The first-order chi connectivity index (χ1) is 17.0. The maximum Gasteiger partial charge on any atom is 0.174 e. The van der Waals surface area contributed by atoms with Gasteiger partial charge in [-0.3, -0.25) is 4.98 Å². The van der Waals surface area contributed by atoms with Gasteiger partial charge in [-0.05, 0) is 99.6 Å². The number of ether oxygens (including phenoxy) is 1. The molecule has 4 heterocycles. The van der Waals surface area contributed by atoms with E-state index < -0.39 is 0 Å². The Hall–Kier alpha value is -3.71. The first kappa shape index (κ1) is 23.1. The predicted molar refractivity (Wildman–Crippen MR) is 143 cm³/mol. The number of pyridine rings is 2. The first-order valence-corrected chi connectivity index (χ1v) is 12.2. The van der Waals surface area contributed by atoms with Gasteiger partial charge in [-0.15, -0.1) is 0 Å². The highest BCUT2D eigenvalue weighted by molar-refractivity contribution is 7.80. The topological polar surface area (TPSA) is 55.2 Å². The normalized spacial score (nSPS) is 17.5. The minimum Gasteiger partial charge on any atom is -0.494 e. The minimum atomic E-state index is -0.103. The van der Waals surface area contributed by atoms with Crippen molar-refractivity contribution in [3.63, 3.8) is 0 Å². The van der Waals surface area contributed by atoms with Crippen molar-refractivity contribution in [1.82, 2.24) is 19.9 Å². The third kappa shape index (κ3) is 4.17. The summed E-state index contributed by atoms with van der Waals surface area (Å²) in [7, 11) is 0. The number of anilines is 1. The molecule has 1 N–H and O–H groups in total. The van der Waals surface area contributed by atoms with Crippen molar-refractivity contribution in [3.05, 3.63) is 101 Å². The van der Waals surface area contributed by atoms with Crippen LogP contribution in [0.15, 0.2) is 73.1 Å². The molecule has 0 bridgehead atoms. The Kier molecular flexibility index (Phi) is 6.26. The summed E-state index contributed by atoms with van der Waals surface area (Å²) in [6, 6.07) is 20.3. The molecule has 178 valence electrons. The molecular weight excluding hydrogens is 454 g/mol. The highest BCUT2D eigenvalue weighted by Gasteiger charge is 2.42. The molecule has 0 radical (unpaired) electrons. The Bertz CT molecular complexity index is 1350. The molecule has 1 aliphatic rings. The number of hydrogen-bond acceptors (Lipinski definition) is 4. The second-order valence-corrected chi connectivity index (χ2v) is 9.12. The third-order valence-corrected chi connectivity index (χ3v) is 6.82. The monoisotopic (exact) mass is 483 g/mol. The molecule has 0 aliphatic carbocycles.